The fourth-order valence-electron chi connectivity index (χ4n) is 2.26. The van der Waals surface area contributed by atoms with Crippen LogP contribution in [0.5, 0.6) is 0 Å². The van der Waals surface area contributed by atoms with E-state index in [-0.39, 0.29) is 5.91 Å². The van der Waals surface area contributed by atoms with E-state index in [0.29, 0.717) is 6.42 Å². The van der Waals surface area contributed by atoms with Crippen LogP contribution in [0.2, 0.25) is 0 Å². The topological polar surface area (TPSA) is 49.6 Å². The highest BCUT2D eigenvalue weighted by Crippen LogP contribution is 2.22. The molecule has 1 aromatic carbocycles. The number of benzene rings is 1. The summed E-state index contributed by atoms with van der Waals surface area (Å²) in [6.45, 7) is 7.30. The molecule has 0 aliphatic carbocycles. The summed E-state index contributed by atoms with van der Waals surface area (Å²) in [7, 11) is 0. The minimum Gasteiger partial charge on any atom is -0.398 e. The first-order valence-corrected chi connectivity index (χ1v) is 6.50. The maximum absolute atomic E-state index is 11.6. The lowest BCUT2D eigenvalue weighted by atomic mass is 10.1. The van der Waals surface area contributed by atoms with Gasteiger partial charge in [-0.3, -0.25) is 4.79 Å². The van der Waals surface area contributed by atoms with Gasteiger partial charge in [-0.2, -0.15) is 0 Å². The Morgan fingerprint density at radius 2 is 1.94 bits per heavy atom. The number of hydrogen-bond acceptors (Lipinski definition) is 3. The van der Waals surface area contributed by atoms with Gasteiger partial charge < -0.3 is 15.5 Å². The standard InChI is InChI=1S/C14H21N3O/c1-3-14(18)17-8-6-16(7-9-17)12-5-4-11(2)13(15)10-12/h4-5,10H,3,6-9,15H2,1-2H3. The van der Waals surface area contributed by atoms with Gasteiger partial charge in [0.25, 0.3) is 0 Å². The summed E-state index contributed by atoms with van der Waals surface area (Å²) in [5.74, 6) is 0.248. The summed E-state index contributed by atoms with van der Waals surface area (Å²) in [6, 6.07) is 6.17. The summed E-state index contributed by atoms with van der Waals surface area (Å²) in [5, 5.41) is 0. The maximum atomic E-state index is 11.6. The van der Waals surface area contributed by atoms with Crippen molar-refractivity contribution in [2.75, 3.05) is 36.8 Å². The van der Waals surface area contributed by atoms with Crippen molar-refractivity contribution in [1.82, 2.24) is 4.90 Å². The van der Waals surface area contributed by atoms with Crippen LogP contribution in [-0.4, -0.2) is 37.0 Å². The Labute approximate surface area is 108 Å². The third kappa shape index (κ3) is 2.58. The number of carbonyl (C=O) groups excluding carboxylic acids is 1. The number of anilines is 2. The van der Waals surface area contributed by atoms with Crippen molar-refractivity contribution in [3.8, 4) is 0 Å². The van der Waals surface area contributed by atoms with Crippen LogP contribution >= 0.6 is 0 Å². The third-order valence-electron chi connectivity index (χ3n) is 3.56. The van der Waals surface area contributed by atoms with Crippen molar-refractivity contribution >= 4 is 17.3 Å². The molecule has 0 radical (unpaired) electrons. The summed E-state index contributed by atoms with van der Waals surface area (Å²) in [4.78, 5) is 15.8. The molecule has 18 heavy (non-hydrogen) atoms. The zero-order chi connectivity index (χ0) is 13.1. The molecule has 2 rings (SSSR count). The van der Waals surface area contributed by atoms with Crippen molar-refractivity contribution in [3.05, 3.63) is 23.8 Å². The summed E-state index contributed by atoms with van der Waals surface area (Å²) in [6.07, 6.45) is 0.595. The van der Waals surface area contributed by atoms with Crippen LogP contribution in [0.25, 0.3) is 0 Å². The van der Waals surface area contributed by atoms with Crippen LogP contribution < -0.4 is 10.6 Å². The summed E-state index contributed by atoms with van der Waals surface area (Å²) < 4.78 is 0. The Hall–Kier alpha value is -1.71. The largest absolute Gasteiger partial charge is 0.398 e. The van der Waals surface area contributed by atoms with Crippen LogP contribution in [-0.2, 0) is 4.79 Å². The maximum Gasteiger partial charge on any atom is 0.222 e. The molecule has 0 bridgehead atoms. The van der Waals surface area contributed by atoms with Gasteiger partial charge in [0.05, 0.1) is 0 Å². The van der Waals surface area contributed by atoms with Crippen LogP contribution in [0.4, 0.5) is 11.4 Å². The molecule has 0 atom stereocenters. The Morgan fingerprint density at radius 1 is 1.28 bits per heavy atom. The van der Waals surface area contributed by atoms with E-state index >= 15 is 0 Å². The zero-order valence-corrected chi connectivity index (χ0v) is 11.1. The van der Waals surface area contributed by atoms with E-state index in [2.05, 4.69) is 11.0 Å². The molecular formula is C14H21N3O. The van der Waals surface area contributed by atoms with Crippen molar-refractivity contribution in [1.29, 1.82) is 0 Å². The molecule has 98 valence electrons. The van der Waals surface area contributed by atoms with Crippen molar-refractivity contribution < 1.29 is 4.79 Å². The number of amides is 1. The molecule has 2 N–H and O–H groups in total. The van der Waals surface area contributed by atoms with Gasteiger partial charge in [0.15, 0.2) is 0 Å². The molecule has 1 fully saturated rings. The molecule has 0 saturated carbocycles. The van der Waals surface area contributed by atoms with Crippen LogP contribution in [0.1, 0.15) is 18.9 Å². The van der Waals surface area contributed by atoms with E-state index in [1.54, 1.807) is 0 Å². The van der Waals surface area contributed by atoms with Gasteiger partial charge in [-0.1, -0.05) is 13.0 Å². The fraction of sp³-hybridized carbons (Fsp3) is 0.500. The molecule has 0 aromatic heterocycles. The van der Waals surface area contributed by atoms with E-state index in [1.807, 2.05) is 30.9 Å². The van der Waals surface area contributed by atoms with Crippen molar-refractivity contribution in [2.45, 2.75) is 20.3 Å². The van der Waals surface area contributed by atoms with Gasteiger partial charge in [0.2, 0.25) is 5.91 Å². The minimum absolute atomic E-state index is 0.248. The number of nitrogens with two attached hydrogens (primary N) is 1. The molecular weight excluding hydrogens is 226 g/mol. The fourth-order valence-corrected chi connectivity index (χ4v) is 2.26. The second-order valence-corrected chi connectivity index (χ2v) is 4.76. The first kappa shape index (κ1) is 12.7. The van der Waals surface area contributed by atoms with Crippen LogP contribution in [0.3, 0.4) is 0 Å². The monoisotopic (exact) mass is 247 g/mol. The van der Waals surface area contributed by atoms with E-state index < -0.39 is 0 Å². The third-order valence-corrected chi connectivity index (χ3v) is 3.56. The highest BCUT2D eigenvalue weighted by Gasteiger charge is 2.20. The second kappa shape index (κ2) is 5.29. The Balaban J connectivity index is 2.01. The molecule has 0 unspecified atom stereocenters. The quantitative estimate of drug-likeness (QED) is 0.808. The second-order valence-electron chi connectivity index (χ2n) is 4.76. The van der Waals surface area contributed by atoms with E-state index in [4.69, 9.17) is 5.73 Å². The Morgan fingerprint density at radius 3 is 2.50 bits per heavy atom. The predicted octanol–water partition coefficient (Wildman–Crippen LogP) is 1.64. The number of aryl methyl sites for hydroxylation is 1. The smallest absolute Gasteiger partial charge is 0.222 e. The molecule has 1 aliphatic heterocycles. The predicted molar refractivity (Wildman–Crippen MR) is 74.7 cm³/mol. The SMILES string of the molecule is CCC(=O)N1CCN(c2ccc(C)c(N)c2)CC1. The Kier molecular flexibility index (Phi) is 3.75. The summed E-state index contributed by atoms with van der Waals surface area (Å²) in [5.41, 5.74) is 9.03. The first-order chi connectivity index (χ1) is 8.61. The highest BCUT2D eigenvalue weighted by atomic mass is 16.2. The first-order valence-electron chi connectivity index (χ1n) is 6.50. The van der Waals surface area contributed by atoms with Gasteiger partial charge >= 0.3 is 0 Å². The number of hydrogen-bond donors (Lipinski definition) is 1. The normalized spacial score (nSPS) is 15.9. The molecule has 1 amide bonds. The van der Waals surface area contributed by atoms with Crippen molar-refractivity contribution in [2.24, 2.45) is 0 Å². The molecule has 4 heteroatoms. The van der Waals surface area contributed by atoms with Gasteiger partial charge in [0.1, 0.15) is 0 Å². The van der Waals surface area contributed by atoms with Crippen LogP contribution in [0, 0.1) is 6.92 Å². The number of nitrogen functional groups attached to an aromatic ring is 1. The highest BCUT2D eigenvalue weighted by molar-refractivity contribution is 5.76. The van der Waals surface area contributed by atoms with Gasteiger partial charge in [0, 0.05) is 44.0 Å². The summed E-state index contributed by atoms with van der Waals surface area (Å²) >= 11 is 0. The minimum atomic E-state index is 0.248. The van der Waals surface area contributed by atoms with Crippen molar-refractivity contribution in [3.63, 3.8) is 0 Å². The Bertz CT molecular complexity index is 437. The molecule has 4 nitrogen and oxygen atoms in total. The van der Waals surface area contributed by atoms with E-state index in [0.717, 1.165) is 43.1 Å². The molecule has 1 heterocycles. The van der Waals surface area contributed by atoms with E-state index in [9.17, 15) is 4.79 Å². The lowest BCUT2D eigenvalue weighted by molar-refractivity contribution is -0.131. The molecule has 1 aliphatic rings. The average molecular weight is 247 g/mol. The lowest BCUT2D eigenvalue weighted by Gasteiger charge is -2.36. The molecule has 1 saturated heterocycles. The molecule has 1 aromatic rings. The number of carbonyl (C=O) groups is 1. The number of piperazine rings is 1. The number of rotatable bonds is 2. The van der Waals surface area contributed by atoms with Gasteiger partial charge in [-0.15, -0.1) is 0 Å². The van der Waals surface area contributed by atoms with Gasteiger partial charge in [-0.25, -0.2) is 0 Å². The lowest BCUT2D eigenvalue weighted by Crippen LogP contribution is -2.48. The van der Waals surface area contributed by atoms with Crippen LogP contribution in [0.15, 0.2) is 18.2 Å². The van der Waals surface area contributed by atoms with Gasteiger partial charge in [-0.05, 0) is 24.6 Å². The average Bonchev–Trinajstić information content (AvgIpc) is 2.41. The number of nitrogens with zero attached hydrogens (tertiary/aromatic N) is 2. The zero-order valence-electron chi connectivity index (χ0n) is 11.1. The van der Waals surface area contributed by atoms with E-state index in [1.165, 1.54) is 0 Å². The molecule has 0 spiro atoms.